The van der Waals surface area contributed by atoms with E-state index < -0.39 is 0 Å². The predicted molar refractivity (Wildman–Crippen MR) is 113 cm³/mol. The Kier molecular flexibility index (Phi) is 6.79. The highest BCUT2D eigenvalue weighted by molar-refractivity contribution is 6.06. The van der Waals surface area contributed by atoms with E-state index in [0.717, 1.165) is 17.7 Å². The summed E-state index contributed by atoms with van der Waals surface area (Å²) >= 11 is 0. The van der Waals surface area contributed by atoms with E-state index in [9.17, 15) is 4.79 Å². The van der Waals surface area contributed by atoms with Gasteiger partial charge in [-0.25, -0.2) is 0 Å². The summed E-state index contributed by atoms with van der Waals surface area (Å²) in [6, 6.07) is 17.5. The van der Waals surface area contributed by atoms with Crippen molar-refractivity contribution in [1.82, 2.24) is 9.78 Å². The zero-order chi connectivity index (χ0) is 19.8. The Bertz CT molecular complexity index is 909. The zero-order valence-corrected chi connectivity index (χ0v) is 16.4. The molecule has 2 aromatic carbocycles. The Balaban J connectivity index is 1.55. The summed E-state index contributed by atoms with van der Waals surface area (Å²) in [7, 11) is 0. The molecule has 4 heteroatoms. The van der Waals surface area contributed by atoms with Crippen LogP contribution in [0.2, 0.25) is 0 Å². The molecule has 144 valence electrons. The fourth-order valence-corrected chi connectivity index (χ4v) is 2.72. The van der Waals surface area contributed by atoms with E-state index in [4.69, 9.17) is 4.74 Å². The SMILES string of the molecule is CC(C)CCOc1ccc(C(=O)/C=C/c2cnn(Cc3ccccc3)c2)cc1. The lowest BCUT2D eigenvalue weighted by atomic mass is 10.1. The van der Waals surface area contributed by atoms with E-state index >= 15 is 0 Å². The van der Waals surface area contributed by atoms with Gasteiger partial charge >= 0.3 is 0 Å². The van der Waals surface area contributed by atoms with E-state index in [2.05, 4.69) is 31.1 Å². The highest BCUT2D eigenvalue weighted by atomic mass is 16.5. The monoisotopic (exact) mass is 374 g/mol. The van der Waals surface area contributed by atoms with Gasteiger partial charge in [0, 0.05) is 17.3 Å². The van der Waals surface area contributed by atoms with Crippen molar-refractivity contribution < 1.29 is 9.53 Å². The van der Waals surface area contributed by atoms with Gasteiger partial charge in [0.25, 0.3) is 0 Å². The number of carbonyl (C=O) groups is 1. The quantitative estimate of drug-likeness (QED) is 0.379. The molecule has 0 aliphatic rings. The number of carbonyl (C=O) groups excluding carboxylic acids is 1. The van der Waals surface area contributed by atoms with Gasteiger partial charge in [-0.1, -0.05) is 44.2 Å². The minimum Gasteiger partial charge on any atom is -0.494 e. The third kappa shape index (κ3) is 5.95. The minimum atomic E-state index is -0.0375. The Hall–Kier alpha value is -3.14. The van der Waals surface area contributed by atoms with Gasteiger partial charge in [-0.3, -0.25) is 9.48 Å². The van der Waals surface area contributed by atoms with E-state index in [1.54, 1.807) is 30.5 Å². The second-order valence-corrected chi connectivity index (χ2v) is 7.21. The lowest BCUT2D eigenvalue weighted by Crippen LogP contribution is -2.01. The third-order valence-corrected chi connectivity index (χ3v) is 4.37. The highest BCUT2D eigenvalue weighted by Gasteiger charge is 2.04. The summed E-state index contributed by atoms with van der Waals surface area (Å²) in [5.41, 5.74) is 2.73. The van der Waals surface area contributed by atoms with Crippen LogP contribution in [0.5, 0.6) is 5.75 Å². The highest BCUT2D eigenvalue weighted by Crippen LogP contribution is 2.15. The summed E-state index contributed by atoms with van der Waals surface area (Å²) in [6.07, 6.45) is 8.09. The van der Waals surface area contributed by atoms with Gasteiger partial charge in [-0.2, -0.15) is 5.10 Å². The molecule has 0 spiro atoms. The Labute approximate surface area is 166 Å². The van der Waals surface area contributed by atoms with Crippen LogP contribution in [-0.2, 0) is 6.54 Å². The second kappa shape index (κ2) is 9.70. The number of nitrogens with zero attached hydrogens (tertiary/aromatic N) is 2. The molecule has 28 heavy (non-hydrogen) atoms. The van der Waals surface area contributed by atoms with Crippen molar-refractivity contribution in [3.05, 3.63) is 89.8 Å². The maximum atomic E-state index is 12.4. The molecule has 0 fully saturated rings. The average molecular weight is 374 g/mol. The summed E-state index contributed by atoms with van der Waals surface area (Å²) in [4.78, 5) is 12.4. The molecule has 0 saturated carbocycles. The third-order valence-electron chi connectivity index (χ3n) is 4.37. The van der Waals surface area contributed by atoms with Crippen molar-refractivity contribution in [2.75, 3.05) is 6.61 Å². The Morgan fingerprint density at radius 3 is 2.57 bits per heavy atom. The van der Waals surface area contributed by atoms with Gasteiger partial charge in [-0.15, -0.1) is 0 Å². The fourth-order valence-electron chi connectivity index (χ4n) is 2.72. The van der Waals surface area contributed by atoms with E-state index in [1.807, 2.05) is 41.2 Å². The molecule has 0 N–H and O–H groups in total. The first kappa shape index (κ1) is 19.6. The number of hydrogen-bond acceptors (Lipinski definition) is 3. The van der Waals surface area contributed by atoms with Crippen LogP contribution in [0.25, 0.3) is 6.08 Å². The molecule has 3 rings (SSSR count). The smallest absolute Gasteiger partial charge is 0.185 e. The Morgan fingerprint density at radius 1 is 1.11 bits per heavy atom. The molecule has 0 bridgehead atoms. The topological polar surface area (TPSA) is 44.1 Å². The van der Waals surface area contributed by atoms with Crippen LogP contribution in [0, 0.1) is 5.92 Å². The molecule has 1 heterocycles. The maximum Gasteiger partial charge on any atom is 0.185 e. The van der Waals surface area contributed by atoms with Gasteiger partial charge in [0.15, 0.2) is 5.78 Å². The van der Waals surface area contributed by atoms with Crippen LogP contribution >= 0.6 is 0 Å². The zero-order valence-electron chi connectivity index (χ0n) is 16.4. The standard InChI is InChI=1S/C24H26N2O2/c1-19(2)14-15-28-23-11-9-22(10-12-23)24(27)13-8-21-16-25-26(18-21)17-20-6-4-3-5-7-20/h3-13,16,18-19H,14-15,17H2,1-2H3/b13-8+. The van der Waals surface area contributed by atoms with E-state index in [0.29, 0.717) is 24.6 Å². The molecular weight excluding hydrogens is 348 g/mol. The summed E-state index contributed by atoms with van der Waals surface area (Å²) in [5, 5.41) is 4.35. The summed E-state index contributed by atoms with van der Waals surface area (Å²) in [5.74, 6) is 1.37. The largest absolute Gasteiger partial charge is 0.494 e. The molecule has 0 amide bonds. The molecule has 0 saturated heterocycles. The first-order valence-corrected chi connectivity index (χ1v) is 9.62. The lowest BCUT2D eigenvalue weighted by molar-refractivity contribution is 0.104. The minimum absolute atomic E-state index is 0.0375. The van der Waals surface area contributed by atoms with Crippen molar-refractivity contribution in [1.29, 1.82) is 0 Å². The maximum absolute atomic E-state index is 12.4. The van der Waals surface area contributed by atoms with Gasteiger partial charge in [0.2, 0.25) is 0 Å². The normalized spacial score (nSPS) is 11.2. The number of rotatable bonds is 9. The van der Waals surface area contributed by atoms with Crippen molar-refractivity contribution in [2.45, 2.75) is 26.8 Å². The fraction of sp³-hybridized carbons (Fsp3) is 0.250. The molecular formula is C24H26N2O2. The number of allylic oxidation sites excluding steroid dienone is 1. The molecule has 0 unspecified atom stereocenters. The van der Waals surface area contributed by atoms with Crippen LogP contribution in [0.15, 0.2) is 73.1 Å². The number of hydrogen-bond donors (Lipinski definition) is 0. The van der Waals surface area contributed by atoms with Gasteiger partial charge in [-0.05, 0) is 54.3 Å². The van der Waals surface area contributed by atoms with E-state index in [-0.39, 0.29) is 5.78 Å². The van der Waals surface area contributed by atoms with Gasteiger partial charge in [0.05, 0.1) is 19.3 Å². The average Bonchev–Trinajstić information content (AvgIpc) is 3.14. The number of aromatic nitrogens is 2. The molecule has 3 aromatic rings. The predicted octanol–water partition coefficient (Wildman–Crippen LogP) is 5.25. The van der Waals surface area contributed by atoms with Gasteiger partial charge < -0.3 is 4.74 Å². The van der Waals surface area contributed by atoms with E-state index in [1.165, 1.54) is 5.56 Å². The van der Waals surface area contributed by atoms with Gasteiger partial charge in [0.1, 0.15) is 5.75 Å². The molecule has 0 aliphatic heterocycles. The molecule has 0 radical (unpaired) electrons. The van der Waals surface area contributed by atoms with Crippen LogP contribution in [0.3, 0.4) is 0 Å². The molecule has 1 aromatic heterocycles. The summed E-state index contributed by atoms with van der Waals surface area (Å²) in [6.45, 7) is 5.74. The van der Waals surface area contributed by atoms with Crippen LogP contribution in [-0.4, -0.2) is 22.2 Å². The number of ketones is 1. The molecule has 0 aliphatic carbocycles. The first-order chi connectivity index (χ1) is 13.6. The summed E-state index contributed by atoms with van der Waals surface area (Å²) < 4.78 is 7.56. The molecule has 4 nitrogen and oxygen atoms in total. The van der Waals surface area contributed by atoms with Crippen molar-refractivity contribution in [3.63, 3.8) is 0 Å². The van der Waals surface area contributed by atoms with Crippen LogP contribution in [0.4, 0.5) is 0 Å². The van der Waals surface area contributed by atoms with Crippen molar-refractivity contribution >= 4 is 11.9 Å². The second-order valence-electron chi connectivity index (χ2n) is 7.21. The first-order valence-electron chi connectivity index (χ1n) is 9.62. The Morgan fingerprint density at radius 2 is 1.86 bits per heavy atom. The number of benzene rings is 2. The van der Waals surface area contributed by atoms with Crippen LogP contribution < -0.4 is 4.74 Å². The number of ether oxygens (including phenoxy) is 1. The molecule has 0 atom stereocenters. The van der Waals surface area contributed by atoms with Crippen molar-refractivity contribution in [2.24, 2.45) is 5.92 Å². The lowest BCUT2D eigenvalue weighted by Gasteiger charge is -2.08. The van der Waals surface area contributed by atoms with Crippen molar-refractivity contribution in [3.8, 4) is 5.75 Å². The van der Waals surface area contributed by atoms with Crippen LogP contribution in [0.1, 0.15) is 41.8 Å².